The Morgan fingerprint density at radius 1 is 1.11 bits per heavy atom. The summed E-state index contributed by atoms with van der Waals surface area (Å²) in [5.41, 5.74) is 0.566. The molecule has 2 aliphatic heterocycles. The Morgan fingerprint density at radius 2 is 1.78 bits per heavy atom. The maximum absolute atomic E-state index is 12.4. The third kappa shape index (κ3) is 4.78. The van der Waals surface area contributed by atoms with Crippen LogP contribution in [0.2, 0.25) is 0 Å². The lowest BCUT2D eigenvalue weighted by Crippen LogP contribution is -2.46. The molecule has 27 heavy (non-hydrogen) atoms. The fourth-order valence-electron chi connectivity index (χ4n) is 3.18. The van der Waals surface area contributed by atoms with Crippen LogP contribution in [0.15, 0.2) is 24.3 Å². The number of rotatable bonds is 5. The Morgan fingerprint density at radius 3 is 2.33 bits per heavy atom. The summed E-state index contributed by atoms with van der Waals surface area (Å²) in [5, 5.41) is 1.42. The van der Waals surface area contributed by atoms with Gasteiger partial charge in [0.05, 0.1) is 6.61 Å². The summed E-state index contributed by atoms with van der Waals surface area (Å²) in [7, 11) is -0.290. The van der Waals surface area contributed by atoms with Crippen molar-refractivity contribution in [2.45, 2.75) is 31.8 Å². The molecule has 0 spiro atoms. The molecule has 0 radical (unpaired) electrons. The highest BCUT2D eigenvalue weighted by atomic mass is 32.2. The summed E-state index contributed by atoms with van der Waals surface area (Å²) in [4.78, 5) is 17.8. The number of amides is 1. The lowest BCUT2D eigenvalue weighted by atomic mass is 10.1. The van der Waals surface area contributed by atoms with E-state index in [0.29, 0.717) is 50.4 Å². The lowest BCUT2D eigenvalue weighted by Gasteiger charge is -2.32. The molecular formula is C18H27N3O5S. The van der Waals surface area contributed by atoms with Gasteiger partial charge in [-0.05, 0) is 49.9 Å². The first kappa shape index (κ1) is 20.1. The molecule has 2 fully saturated rings. The topological polar surface area (TPSA) is 79.4 Å². The van der Waals surface area contributed by atoms with E-state index in [1.54, 1.807) is 24.3 Å². The summed E-state index contributed by atoms with van der Waals surface area (Å²) in [6.45, 7) is 2.07. The van der Waals surface area contributed by atoms with Crippen LogP contribution in [0.3, 0.4) is 0 Å². The largest absolute Gasteiger partial charge is 0.490 e. The standard InChI is InChI=1S/C18H27N3O5S/c1-19(2)27(23,24)20-12-9-17(10-13-20)26-16-7-5-15(6-8-16)18(22)21-11-3-4-14-25-21/h5-8,17H,3-4,9-14H2,1-2H3. The van der Waals surface area contributed by atoms with Crippen LogP contribution in [0.5, 0.6) is 5.75 Å². The predicted molar refractivity (Wildman–Crippen MR) is 100 cm³/mol. The quantitative estimate of drug-likeness (QED) is 0.752. The number of piperidine rings is 1. The zero-order chi connectivity index (χ0) is 19.4. The second-order valence-electron chi connectivity index (χ2n) is 6.98. The van der Waals surface area contributed by atoms with Gasteiger partial charge >= 0.3 is 0 Å². The van der Waals surface area contributed by atoms with Gasteiger partial charge in [-0.1, -0.05) is 0 Å². The summed E-state index contributed by atoms with van der Waals surface area (Å²) < 4.78 is 33.0. The summed E-state index contributed by atoms with van der Waals surface area (Å²) in [6, 6.07) is 7.03. The molecule has 0 aromatic heterocycles. The van der Waals surface area contributed by atoms with Gasteiger partial charge in [-0.3, -0.25) is 9.63 Å². The van der Waals surface area contributed by atoms with Crippen molar-refractivity contribution >= 4 is 16.1 Å². The zero-order valence-electron chi connectivity index (χ0n) is 15.8. The highest BCUT2D eigenvalue weighted by Crippen LogP contribution is 2.22. The van der Waals surface area contributed by atoms with Crippen LogP contribution in [0.25, 0.3) is 0 Å². The van der Waals surface area contributed by atoms with E-state index in [-0.39, 0.29) is 12.0 Å². The normalized spacial score (nSPS) is 20.0. The van der Waals surface area contributed by atoms with Crippen molar-refractivity contribution in [1.29, 1.82) is 0 Å². The molecule has 0 saturated carbocycles. The van der Waals surface area contributed by atoms with E-state index in [1.807, 2.05) is 0 Å². The Bertz CT molecular complexity index is 737. The van der Waals surface area contributed by atoms with E-state index >= 15 is 0 Å². The molecule has 0 bridgehead atoms. The van der Waals surface area contributed by atoms with Crippen LogP contribution in [-0.2, 0) is 15.0 Å². The van der Waals surface area contributed by atoms with Gasteiger partial charge in [-0.15, -0.1) is 0 Å². The molecule has 9 heteroatoms. The van der Waals surface area contributed by atoms with Gasteiger partial charge in [0.25, 0.3) is 16.1 Å². The highest BCUT2D eigenvalue weighted by Gasteiger charge is 2.30. The Balaban J connectivity index is 1.53. The van der Waals surface area contributed by atoms with Crippen molar-refractivity contribution < 1.29 is 22.8 Å². The molecule has 1 aromatic carbocycles. The van der Waals surface area contributed by atoms with E-state index in [2.05, 4.69) is 0 Å². The van der Waals surface area contributed by atoms with Gasteiger partial charge in [0.15, 0.2) is 0 Å². The first-order valence-electron chi connectivity index (χ1n) is 9.27. The maximum atomic E-state index is 12.4. The van der Waals surface area contributed by atoms with Crippen molar-refractivity contribution in [1.82, 2.24) is 13.7 Å². The first-order valence-corrected chi connectivity index (χ1v) is 10.7. The van der Waals surface area contributed by atoms with Gasteiger partial charge in [0.2, 0.25) is 0 Å². The first-order chi connectivity index (χ1) is 12.9. The van der Waals surface area contributed by atoms with Crippen LogP contribution in [0, 0.1) is 0 Å². The van der Waals surface area contributed by atoms with Crippen molar-refractivity contribution in [3.8, 4) is 5.75 Å². The zero-order valence-corrected chi connectivity index (χ0v) is 16.7. The fourth-order valence-corrected chi connectivity index (χ4v) is 4.32. The van der Waals surface area contributed by atoms with Gasteiger partial charge in [0.1, 0.15) is 11.9 Å². The minimum absolute atomic E-state index is 0.0365. The minimum atomic E-state index is -3.37. The number of ether oxygens (including phenoxy) is 1. The van der Waals surface area contributed by atoms with Crippen molar-refractivity contribution in [2.24, 2.45) is 0 Å². The number of hydrogen-bond acceptors (Lipinski definition) is 5. The molecule has 0 unspecified atom stereocenters. The number of nitrogens with zero attached hydrogens (tertiary/aromatic N) is 3. The van der Waals surface area contributed by atoms with E-state index in [4.69, 9.17) is 9.57 Å². The average molecular weight is 397 g/mol. The molecular weight excluding hydrogens is 370 g/mol. The molecule has 2 saturated heterocycles. The molecule has 3 rings (SSSR count). The average Bonchev–Trinajstić information content (AvgIpc) is 2.69. The number of carbonyl (C=O) groups excluding carboxylic acids is 1. The monoisotopic (exact) mass is 397 g/mol. The third-order valence-electron chi connectivity index (χ3n) is 4.82. The molecule has 2 aliphatic rings. The van der Waals surface area contributed by atoms with Gasteiger partial charge in [0, 0.05) is 39.3 Å². The van der Waals surface area contributed by atoms with Crippen LogP contribution >= 0.6 is 0 Å². The molecule has 0 atom stereocenters. The van der Waals surface area contributed by atoms with E-state index in [0.717, 1.165) is 12.8 Å². The number of hydrogen-bond donors (Lipinski definition) is 0. The maximum Gasteiger partial charge on any atom is 0.281 e. The summed E-state index contributed by atoms with van der Waals surface area (Å²) in [6.07, 6.45) is 3.16. The number of benzene rings is 1. The van der Waals surface area contributed by atoms with E-state index in [9.17, 15) is 13.2 Å². The molecule has 150 valence electrons. The van der Waals surface area contributed by atoms with Crippen LogP contribution < -0.4 is 4.74 Å². The second kappa shape index (κ2) is 8.55. The van der Waals surface area contributed by atoms with Crippen LogP contribution in [0.1, 0.15) is 36.0 Å². The molecule has 0 aliphatic carbocycles. The van der Waals surface area contributed by atoms with Crippen LogP contribution in [-0.4, -0.2) is 74.4 Å². The van der Waals surface area contributed by atoms with Gasteiger partial charge in [-0.2, -0.15) is 17.0 Å². The van der Waals surface area contributed by atoms with Crippen LogP contribution in [0.4, 0.5) is 0 Å². The molecule has 0 N–H and O–H groups in total. The third-order valence-corrected chi connectivity index (χ3v) is 6.76. The summed E-state index contributed by atoms with van der Waals surface area (Å²) in [5.74, 6) is 0.545. The molecule has 1 aromatic rings. The fraction of sp³-hybridized carbons (Fsp3) is 0.611. The summed E-state index contributed by atoms with van der Waals surface area (Å²) >= 11 is 0. The molecule has 2 heterocycles. The van der Waals surface area contributed by atoms with Crippen molar-refractivity contribution in [3.05, 3.63) is 29.8 Å². The Hall–Kier alpha value is -1.68. The second-order valence-corrected chi connectivity index (χ2v) is 9.12. The van der Waals surface area contributed by atoms with E-state index < -0.39 is 10.2 Å². The Kier molecular flexibility index (Phi) is 6.36. The van der Waals surface area contributed by atoms with Gasteiger partial charge < -0.3 is 4.74 Å². The Labute approximate surface area is 160 Å². The molecule has 1 amide bonds. The van der Waals surface area contributed by atoms with Crippen molar-refractivity contribution in [3.63, 3.8) is 0 Å². The smallest absolute Gasteiger partial charge is 0.281 e. The molecule has 8 nitrogen and oxygen atoms in total. The number of carbonyl (C=O) groups is 1. The van der Waals surface area contributed by atoms with E-state index in [1.165, 1.54) is 27.8 Å². The lowest BCUT2D eigenvalue weighted by molar-refractivity contribution is -0.144. The predicted octanol–water partition coefficient (Wildman–Crippen LogP) is 1.50. The van der Waals surface area contributed by atoms with Crippen molar-refractivity contribution in [2.75, 3.05) is 40.3 Å². The minimum Gasteiger partial charge on any atom is -0.490 e. The van der Waals surface area contributed by atoms with Gasteiger partial charge in [-0.25, -0.2) is 5.06 Å². The SMILES string of the molecule is CN(C)S(=O)(=O)N1CCC(Oc2ccc(C(=O)N3CCCCO3)cc2)CC1. The highest BCUT2D eigenvalue weighted by molar-refractivity contribution is 7.86. The number of hydroxylamine groups is 2.